The Morgan fingerprint density at radius 1 is 1.14 bits per heavy atom. The Kier molecular flexibility index (Phi) is 6.50. The van der Waals surface area contributed by atoms with Crippen LogP contribution in [0.1, 0.15) is 18.2 Å². The van der Waals surface area contributed by atoms with Gasteiger partial charge in [-0.2, -0.15) is 0 Å². The molecule has 1 aromatic carbocycles. The highest BCUT2D eigenvalue weighted by atomic mass is 79.9. The van der Waals surface area contributed by atoms with E-state index in [2.05, 4.69) is 21.2 Å². The molecule has 0 saturated carbocycles. The summed E-state index contributed by atoms with van der Waals surface area (Å²) in [7, 11) is 0. The Morgan fingerprint density at radius 2 is 1.97 bits per heavy atom. The van der Waals surface area contributed by atoms with Crippen LogP contribution >= 0.6 is 15.9 Å². The van der Waals surface area contributed by atoms with Crippen molar-refractivity contribution in [3.05, 3.63) is 68.9 Å². The van der Waals surface area contributed by atoms with Gasteiger partial charge in [0.1, 0.15) is 18.0 Å². The number of ether oxygens (including phenoxy) is 2. The summed E-state index contributed by atoms with van der Waals surface area (Å²) in [6, 6.07) is 9.41. The van der Waals surface area contributed by atoms with Crippen LogP contribution in [0.2, 0.25) is 0 Å². The zero-order valence-corrected chi connectivity index (χ0v) is 16.9. The molecule has 3 aromatic rings. The SMILES string of the molecule is CCOC(=O)Nc1ccc2c(COC(=O)C=Cc3ccc(Br)o3)cc(=O)oc2c1. The number of esters is 1. The van der Waals surface area contributed by atoms with Crippen LogP contribution in [-0.4, -0.2) is 18.7 Å². The van der Waals surface area contributed by atoms with E-state index in [4.69, 9.17) is 18.3 Å². The van der Waals surface area contributed by atoms with Crippen molar-refractivity contribution in [2.24, 2.45) is 0 Å². The first-order valence-corrected chi connectivity index (χ1v) is 9.34. The van der Waals surface area contributed by atoms with Crippen LogP contribution in [0.4, 0.5) is 10.5 Å². The van der Waals surface area contributed by atoms with Gasteiger partial charge in [-0.1, -0.05) is 0 Å². The van der Waals surface area contributed by atoms with Gasteiger partial charge in [-0.25, -0.2) is 14.4 Å². The largest absolute Gasteiger partial charge is 0.458 e. The van der Waals surface area contributed by atoms with Gasteiger partial charge in [-0.05, 0) is 53.2 Å². The number of furan rings is 1. The molecule has 0 saturated heterocycles. The molecular formula is C20H16BrNO7. The first-order chi connectivity index (χ1) is 13.9. The van der Waals surface area contributed by atoms with E-state index in [0.29, 0.717) is 27.1 Å². The highest BCUT2D eigenvalue weighted by Gasteiger charge is 2.10. The number of halogens is 1. The molecule has 1 N–H and O–H groups in total. The quantitative estimate of drug-likeness (QED) is 0.327. The molecule has 29 heavy (non-hydrogen) atoms. The summed E-state index contributed by atoms with van der Waals surface area (Å²) in [5.41, 5.74) is 0.517. The van der Waals surface area contributed by atoms with Crippen molar-refractivity contribution in [2.45, 2.75) is 13.5 Å². The summed E-state index contributed by atoms with van der Waals surface area (Å²) >= 11 is 3.17. The number of fused-ring (bicyclic) bond motifs is 1. The van der Waals surface area contributed by atoms with Gasteiger partial charge >= 0.3 is 17.7 Å². The van der Waals surface area contributed by atoms with Crippen molar-refractivity contribution in [3.8, 4) is 0 Å². The normalized spacial score (nSPS) is 11.0. The van der Waals surface area contributed by atoms with Crippen LogP contribution in [0, 0.1) is 0 Å². The number of carbonyl (C=O) groups is 2. The standard InChI is InChI=1S/C20H16BrNO7/c1-2-26-20(25)22-13-3-6-15-12(9-19(24)29-16(15)10-13)11-27-18(23)8-5-14-4-7-17(21)28-14/h3-10H,2,11H2,1H3,(H,22,25). The van der Waals surface area contributed by atoms with E-state index in [1.807, 2.05) is 0 Å². The zero-order chi connectivity index (χ0) is 20.8. The van der Waals surface area contributed by atoms with Crippen LogP contribution in [0.5, 0.6) is 0 Å². The van der Waals surface area contributed by atoms with Crippen LogP contribution in [0.15, 0.2) is 60.8 Å². The van der Waals surface area contributed by atoms with Crippen molar-refractivity contribution in [2.75, 3.05) is 11.9 Å². The van der Waals surface area contributed by atoms with Crippen molar-refractivity contribution < 1.29 is 27.9 Å². The highest BCUT2D eigenvalue weighted by molar-refractivity contribution is 9.10. The predicted octanol–water partition coefficient (Wildman–Crippen LogP) is 4.47. The van der Waals surface area contributed by atoms with Gasteiger partial charge in [0.15, 0.2) is 4.67 Å². The van der Waals surface area contributed by atoms with Crippen LogP contribution in [0.3, 0.4) is 0 Å². The van der Waals surface area contributed by atoms with E-state index < -0.39 is 17.7 Å². The Balaban J connectivity index is 1.73. The number of hydrogen-bond donors (Lipinski definition) is 1. The average molecular weight is 462 g/mol. The number of hydrogen-bond acceptors (Lipinski definition) is 7. The molecule has 0 bridgehead atoms. The van der Waals surface area contributed by atoms with Gasteiger partial charge in [0.25, 0.3) is 0 Å². The van der Waals surface area contributed by atoms with E-state index in [-0.39, 0.29) is 18.8 Å². The molecule has 2 heterocycles. The molecule has 0 aliphatic carbocycles. The molecule has 0 aliphatic heterocycles. The molecule has 2 aromatic heterocycles. The summed E-state index contributed by atoms with van der Waals surface area (Å²) in [6.07, 6.45) is 2.08. The molecule has 8 nitrogen and oxygen atoms in total. The number of benzene rings is 1. The maximum Gasteiger partial charge on any atom is 0.411 e. The van der Waals surface area contributed by atoms with Gasteiger partial charge in [0, 0.05) is 34.8 Å². The summed E-state index contributed by atoms with van der Waals surface area (Å²) in [5, 5.41) is 3.10. The minimum absolute atomic E-state index is 0.127. The fraction of sp³-hybridized carbons (Fsp3) is 0.150. The van der Waals surface area contributed by atoms with Crippen molar-refractivity contribution in [1.82, 2.24) is 0 Å². The Hall–Kier alpha value is -3.33. The number of nitrogens with one attached hydrogen (secondary N) is 1. The number of rotatable bonds is 6. The van der Waals surface area contributed by atoms with Crippen LogP contribution in [0.25, 0.3) is 17.0 Å². The third-order valence-electron chi connectivity index (χ3n) is 3.70. The number of amides is 1. The first-order valence-electron chi connectivity index (χ1n) is 8.55. The number of carbonyl (C=O) groups excluding carboxylic acids is 2. The molecule has 3 rings (SSSR count). The minimum atomic E-state index is -0.616. The average Bonchev–Trinajstić information content (AvgIpc) is 3.09. The van der Waals surface area contributed by atoms with Gasteiger partial charge in [0.2, 0.25) is 0 Å². The van der Waals surface area contributed by atoms with E-state index in [0.717, 1.165) is 0 Å². The molecule has 0 aliphatic rings. The predicted molar refractivity (Wildman–Crippen MR) is 108 cm³/mol. The lowest BCUT2D eigenvalue weighted by Gasteiger charge is -2.08. The third kappa shape index (κ3) is 5.58. The second-order valence-electron chi connectivity index (χ2n) is 5.73. The molecule has 150 valence electrons. The molecule has 0 atom stereocenters. The Morgan fingerprint density at radius 3 is 2.69 bits per heavy atom. The summed E-state index contributed by atoms with van der Waals surface area (Å²) in [6.45, 7) is 1.79. The van der Waals surface area contributed by atoms with Gasteiger partial charge in [-0.15, -0.1) is 0 Å². The molecule has 1 amide bonds. The fourth-order valence-electron chi connectivity index (χ4n) is 2.48. The molecule has 0 fully saturated rings. The number of anilines is 1. The monoisotopic (exact) mass is 461 g/mol. The lowest BCUT2D eigenvalue weighted by atomic mass is 10.1. The van der Waals surface area contributed by atoms with Crippen LogP contribution < -0.4 is 10.9 Å². The summed E-state index contributed by atoms with van der Waals surface area (Å²) in [4.78, 5) is 35.3. The van der Waals surface area contributed by atoms with Crippen LogP contribution in [-0.2, 0) is 20.9 Å². The van der Waals surface area contributed by atoms with Crippen molar-refractivity contribution >= 4 is 50.7 Å². The molecular weight excluding hydrogens is 446 g/mol. The lowest BCUT2D eigenvalue weighted by molar-refractivity contribution is -0.138. The van der Waals surface area contributed by atoms with Crippen molar-refractivity contribution in [3.63, 3.8) is 0 Å². The minimum Gasteiger partial charge on any atom is -0.458 e. The fourth-order valence-corrected chi connectivity index (χ4v) is 2.80. The van der Waals surface area contributed by atoms with Gasteiger partial charge in [-0.3, -0.25) is 5.32 Å². The Bertz CT molecular complexity index is 1130. The first kappa shape index (κ1) is 20.4. The smallest absolute Gasteiger partial charge is 0.411 e. The van der Waals surface area contributed by atoms with Gasteiger partial charge < -0.3 is 18.3 Å². The molecule has 0 radical (unpaired) electrons. The highest BCUT2D eigenvalue weighted by Crippen LogP contribution is 2.22. The van der Waals surface area contributed by atoms with Gasteiger partial charge in [0.05, 0.1) is 6.61 Å². The summed E-state index contributed by atoms with van der Waals surface area (Å²) in [5.74, 6) is -0.110. The second kappa shape index (κ2) is 9.24. The molecule has 0 spiro atoms. The molecule has 9 heteroatoms. The topological polar surface area (TPSA) is 108 Å². The van der Waals surface area contributed by atoms with E-state index in [1.165, 1.54) is 24.3 Å². The third-order valence-corrected chi connectivity index (χ3v) is 4.13. The summed E-state index contributed by atoms with van der Waals surface area (Å²) < 4.78 is 21.0. The Labute approximate surface area is 173 Å². The lowest BCUT2D eigenvalue weighted by Crippen LogP contribution is -2.13. The second-order valence-corrected chi connectivity index (χ2v) is 6.51. The maximum atomic E-state index is 11.9. The zero-order valence-electron chi connectivity index (χ0n) is 15.3. The van der Waals surface area contributed by atoms with Crippen molar-refractivity contribution in [1.29, 1.82) is 0 Å². The van der Waals surface area contributed by atoms with E-state index >= 15 is 0 Å². The van der Waals surface area contributed by atoms with E-state index in [1.54, 1.807) is 31.2 Å². The van der Waals surface area contributed by atoms with E-state index in [9.17, 15) is 14.4 Å². The maximum absolute atomic E-state index is 11.9. The molecule has 0 unspecified atom stereocenters.